The Morgan fingerprint density at radius 3 is 2.47 bits per heavy atom. The fraction of sp³-hybridized carbons (Fsp3) is 0.467. The Morgan fingerprint density at radius 2 is 1.95 bits per heavy atom. The summed E-state index contributed by atoms with van der Waals surface area (Å²) in [5.74, 6) is 0.631. The summed E-state index contributed by atoms with van der Waals surface area (Å²) in [5.41, 5.74) is 1.39. The zero-order chi connectivity index (χ0) is 14.2. The molecule has 0 heterocycles. The first-order valence-electron chi connectivity index (χ1n) is 6.44. The molecule has 102 valence electrons. The van der Waals surface area contributed by atoms with Crippen molar-refractivity contribution in [3.05, 3.63) is 29.3 Å². The second kappa shape index (κ2) is 5.03. The van der Waals surface area contributed by atoms with Gasteiger partial charge in [0.05, 0.1) is 5.92 Å². The molecule has 1 aromatic carbocycles. The summed E-state index contributed by atoms with van der Waals surface area (Å²) in [7, 11) is 3.39. The largest absolute Gasteiger partial charge is 0.426 e. The van der Waals surface area contributed by atoms with E-state index in [4.69, 9.17) is 4.74 Å². The lowest BCUT2D eigenvalue weighted by Gasteiger charge is -2.13. The molecule has 0 spiro atoms. The molecule has 0 saturated heterocycles. The van der Waals surface area contributed by atoms with Crippen molar-refractivity contribution < 1.29 is 14.3 Å². The first kappa shape index (κ1) is 13.6. The van der Waals surface area contributed by atoms with Crippen LogP contribution in [-0.4, -0.2) is 30.9 Å². The molecular weight excluding hydrogens is 242 g/mol. The summed E-state index contributed by atoms with van der Waals surface area (Å²) in [6, 6.07) is 5.19. The van der Waals surface area contributed by atoms with Gasteiger partial charge in [0, 0.05) is 19.7 Å². The average Bonchev–Trinajstić information content (AvgIpc) is 3.08. The van der Waals surface area contributed by atoms with Gasteiger partial charge in [-0.1, -0.05) is 13.0 Å². The highest BCUT2D eigenvalue weighted by Crippen LogP contribution is 2.39. The third kappa shape index (κ3) is 2.95. The Labute approximate surface area is 113 Å². The molecule has 0 bridgehead atoms. The van der Waals surface area contributed by atoms with Crippen LogP contribution in [0.3, 0.4) is 0 Å². The monoisotopic (exact) mass is 261 g/mol. The number of carbonyl (C=O) groups is 2. The summed E-state index contributed by atoms with van der Waals surface area (Å²) in [5, 5.41) is 0. The van der Waals surface area contributed by atoms with E-state index in [1.807, 2.05) is 13.8 Å². The van der Waals surface area contributed by atoms with Crippen molar-refractivity contribution in [3.8, 4) is 5.75 Å². The number of hydrogen-bond acceptors (Lipinski definition) is 3. The number of nitrogens with zero attached hydrogens (tertiary/aromatic N) is 1. The fourth-order valence-electron chi connectivity index (χ4n) is 1.94. The Kier molecular flexibility index (Phi) is 3.60. The van der Waals surface area contributed by atoms with E-state index in [2.05, 4.69) is 0 Å². The van der Waals surface area contributed by atoms with Gasteiger partial charge in [-0.3, -0.25) is 9.59 Å². The van der Waals surface area contributed by atoms with Crippen molar-refractivity contribution in [2.45, 2.75) is 20.3 Å². The van der Waals surface area contributed by atoms with Crippen LogP contribution in [0.25, 0.3) is 0 Å². The smallest absolute Gasteiger partial charge is 0.314 e. The minimum absolute atomic E-state index is 0.0209. The van der Waals surface area contributed by atoms with Gasteiger partial charge in [0.1, 0.15) is 5.75 Å². The van der Waals surface area contributed by atoms with Gasteiger partial charge in [0.15, 0.2) is 0 Å². The van der Waals surface area contributed by atoms with Crippen molar-refractivity contribution in [1.82, 2.24) is 4.90 Å². The van der Waals surface area contributed by atoms with Gasteiger partial charge in [0.25, 0.3) is 5.91 Å². The van der Waals surface area contributed by atoms with Gasteiger partial charge >= 0.3 is 5.97 Å². The van der Waals surface area contributed by atoms with E-state index >= 15 is 0 Å². The minimum Gasteiger partial charge on any atom is -0.426 e. The molecule has 0 radical (unpaired) electrons. The highest BCUT2D eigenvalue weighted by Gasteiger charge is 2.40. The third-order valence-corrected chi connectivity index (χ3v) is 3.46. The standard InChI is InChI=1S/C15H19NO3/c1-9-5-6-11(14(17)16(3)4)8-13(9)19-15(18)12-7-10(12)2/h5-6,8,10,12H,7H2,1-4H3/t10-,12-/m0/s1. The maximum atomic E-state index is 11.9. The Bertz CT molecular complexity index is 522. The lowest BCUT2D eigenvalue weighted by Crippen LogP contribution is -2.22. The van der Waals surface area contributed by atoms with Gasteiger partial charge in [-0.2, -0.15) is 0 Å². The Hall–Kier alpha value is -1.84. The van der Waals surface area contributed by atoms with Crippen LogP contribution in [-0.2, 0) is 4.79 Å². The van der Waals surface area contributed by atoms with E-state index < -0.39 is 0 Å². The molecule has 4 nitrogen and oxygen atoms in total. The number of rotatable bonds is 3. The van der Waals surface area contributed by atoms with Crippen LogP contribution in [0.2, 0.25) is 0 Å². The van der Waals surface area contributed by atoms with Gasteiger partial charge < -0.3 is 9.64 Å². The predicted molar refractivity (Wildman–Crippen MR) is 72.1 cm³/mol. The highest BCUT2D eigenvalue weighted by molar-refractivity contribution is 5.94. The number of aryl methyl sites for hydroxylation is 1. The molecule has 2 atom stereocenters. The normalized spacial score (nSPS) is 20.8. The SMILES string of the molecule is Cc1ccc(C(=O)N(C)C)cc1OC(=O)[C@H]1C[C@@H]1C. The van der Waals surface area contributed by atoms with Crippen LogP contribution in [0.5, 0.6) is 5.75 Å². The molecule has 0 N–H and O–H groups in total. The minimum atomic E-state index is -0.190. The van der Waals surface area contributed by atoms with Crippen LogP contribution in [0.15, 0.2) is 18.2 Å². The molecule has 4 heteroatoms. The van der Waals surface area contributed by atoms with Gasteiger partial charge in [-0.25, -0.2) is 0 Å². The number of esters is 1. The van der Waals surface area contributed by atoms with E-state index in [1.54, 1.807) is 32.3 Å². The number of amides is 1. The summed E-state index contributed by atoms with van der Waals surface area (Å²) < 4.78 is 5.40. The number of hydrogen-bond donors (Lipinski definition) is 0. The molecule has 1 fully saturated rings. The van der Waals surface area contributed by atoms with Crippen molar-refractivity contribution in [3.63, 3.8) is 0 Å². The second-order valence-corrected chi connectivity index (χ2v) is 5.42. The van der Waals surface area contributed by atoms with E-state index in [-0.39, 0.29) is 17.8 Å². The molecule has 2 rings (SSSR count). The zero-order valence-corrected chi connectivity index (χ0v) is 11.8. The third-order valence-electron chi connectivity index (χ3n) is 3.46. The van der Waals surface area contributed by atoms with Crippen molar-refractivity contribution in [1.29, 1.82) is 0 Å². The molecule has 1 saturated carbocycles. The molecule has 19 heavy (non-hydrogen) atoms. The Morgan fingerprint density at radius 1 is 1.32 bits per heavy atom. The topological polar surface area (TPSA) is 46.6 Å². The van der Waals surface area contributed by atoms with Crippen molar-refractivity contribution in [2.75, 3.05) is 14.1 Å². The van der Waals surface area contributed by atoms with Gasteiger partial charge in [0.2, 0.25) is 0 Å². The summed E-state index contributed by atoms with van der Waals surface area (Å²) in [6.07, 6.45) is 0.897. The first-order chi connectivity index (χ1) is 8.90. The van der Waals surface area contributed by atoms with Crippen LogP contribution >= 0.6 is 0 Å². The predicted octanol–water partition coefficient (Wildman–Crippen LogP) is 2.26. The lowest BCUT2D eigenvalue weighted by molar-refractivity contribution is -0.136. The quantitative estimate of drug-likeness (QED) is 0.619. The van der Waals surface area contributed by atoms with Gasteiger partial charge in [-0.15, -0.1) is 0 Å². The second-order valence-electron chi connectivity index (χ2n) is 5.42. The Balaban J connectivity index is 2.17. The lowest BCUT2D eigenvalue weighted by atomic mass is 10.1. The summed E-state index contributed by atoms with van der Waals surface area (Å²) in [4.78, 5) is 25.2. The molecule has 1 aliphatic carbocycles. The number of benzene rings is 1. The average molecular weight is 261 g/mol. The number of carbonyl (C=O) groups excluding carboxylic acids is 2. The summed E-state index contributed by atoms with van der Waals surface area (Å²) >= 11 is 0. The maximum absolute atomic E-state index is 11.9. The number of ether oxygens (including phenoxy) is 1. The molecule has 1 amide bonds. The van der Waals surface area contributed by atoms with Crippen LogP contribution < -0.4 is 4.74 Å². The van der Waals surface area contributed by atoms with E-state index in [0.29, 0.717) is 17.2 Å². The van der Waals surface area contributed by atoms with Gasteiger partial charge in [-0.05, 0) is 37.0 Å². The summed E-state index contributed by atoms with van der Waals surface area (Å²) in [6.45, 7) is 3.90. The van der Waals surface area contributed by atoms with Crippen LogP contribution in [0, 0.1) is 18.8 Å². The van der Waals surface area contributed by atoms with E-state index in [9.17, 15) is 9.59 Å². The van der Waals surface area contributed by atoms with E-state index in [0.717, 1.165) is 12.0 Å². The molecule has 1 aromatic rings. The maximum Gasteiger partial charge on any atom is 0.314 e. The highest BCUT2D eigenvalue weighted by atomic mass is 16.5. The van der Waals surface area contributed by atoms with Crippen LogP contribution in [0.4, 0.5) is 0 Å². The van der Waals surface area contributed by atoms with Crippen molar-refractivity contribution in [2.24, 2.45) is 11.8 Å². The molecule has 0 unspecified atom stereocenters. The molecular formula is C15H19NO3. The molecule has 0 aromatic heterocycles. The zero-order valence-electron chi connectivity index (χ0n) is 11.8. The molecule has 0 aliphatic heterocycles. The van der Waals surface area contributed by atoms with Crippen LogP contribution in [0.1, 0.15) is 29.3 Å². The van der Waals surface area contributed by atoms with Crippen molar-refractivity contribution >= 4 is 11.9 Å². The fourth-order valence-corrected chi connectivity index (χ4v) is 1.94. The first-order valence-corrected chi connectivity index (χ1v) is 6.44. The molecule has 1 aliphatic rings. The van der Waals surface area contributed by atoms with E-state index in [1.165, 1.54) is 4.90 Å².